The molecule has 0 bridgehead atoms. The number of sulfone groups is 1. The van der Waals surface area contributed by atoms with Gasteiger partial charge in [-0.3, -0.25) is 10.0 Å². The first-order chi connectivity index (χ1) is 12.7. The highest BCUT2D eigenvalue weighted by atomic mass is 32.2. The number of nitrogens with zero attached hydrogens (tertiary/aromatic N) is 1. The third-order valence-electron chi connectivity index (χ3n) is 4.49. The number of methoxy groups -OCH3 is 2. The molecule has 1 amide bonds. The Hall–Kier alpha value is -2.59. The number of aromatic nitrogens is 1. The number of rotatable bonds is 8. The lowest BCUT2D eigenvalue weighted by Gasteiger charge is -2.24. The molecule has 0 fully saturated rings. The monoisotopic (exact) mass is 398 g/mol. The number of hydrogen-bond acceptors (Lipinski definition) is 8. The van der Waals surface area contributed by atoms with Gasteiger partial charge >= 0.3 is 0 Å². The van der Waals surface area contributed by atoms with Crippen molar-refractivity contribution < 1.29 is 32.4 Å². The van der Waals surface area contributed by atoms with Crippen LogP contribution in [0.5, 0.6) is 11.5 Å². The molecule has 1 unspecified atom stereocenters. The number of hydroxylamine groups is 1. The van der Waals surface area contributed by atoms with Gasteiger partial charge in [-0.25, -0.2) is 13.9 Å². The summed E-state index contributed by atoms with van der Waals surface area (Å²) in [4.78, 5) is 11.8. The van der Waals surface area contributed by atoms with Crippen molar-refractivity contribution in [1.82, 2.24) is 10.6 Å². The van der Waals surface area contributed by atoms with Gasteiger partial charge in [-0.15, -0.1) is 0 Å². The van der Waals surface area contributed by atoms with Crippen LogP contribution in [0.15, 0.2) is 28.8 Å². The Kier molecular flexibility index (Phi) is 6.11. The van der Waals surface area contributed by atoms with Gasteiger partial charge in [0.15, 0.2) is 21.3 Å². The van der Waals surface area contributed by atoms with E-state index in [1.807, 2.05) is 0 Å². The van der Waals surface area contributed by atoms with Crippen molar-refractivity contribution in [3.63, 3.8) is 0 Å². The number of nitrogens with one attached hydrogen (secondary N) is 1. The number of benzene rings is 1. The van der Waals surface area contributed by atoms with Gasteiger partial charge in [-0.05, 0) is 31.5 Å². The Balaban J connectivity index is 2.22. The van der Waals surface area contributed by atoms with Crippen LogP contribution >= 0.6 is 0 Å². The summed E-state index contributed by atoms with van der Waals surface area (Å²) in [6.45, 7) is 1.25. The van der Waals surface area contributed by atoms with Crippen molar-refractivity contribution in [3.8, 4) is 22.8 Å². The molecule has 148 valence electrons. The van der Waals surface area contributed by atoms with Crippen molar-refractivity contribution in [2.75, 3.05) is 20.5 Å². The predicted octanol–water partition coefficient (Wildman–Crippen LogP) is 1.60. The van der Waals surface area contributed by atoms with Crippen LogP contribution in [0.1, 0.15) is 19.1 Å². The summed E-state index contributed by atoms with van der Waals surface area (Å²) in [7, 11) is -0.716. The highest BCUT2D eigenvalue weighted by Gasteiger charge is 2.43. The first-order valence-electron chi connectivity index (χ1n) is 7.98. The van der Waals surface area contributed by atoms with E-state index in [9.17, 15) is 13.2 Å². The van der Waals surface area contributed by atoms with Gasteiger partial charge in [-0.2, -0.15) is 0 Å². The molecule has 2 aromatic rings. The Morgan fingerprint density at radius 2 is 1.93 bits per heavy atom. The van der Waals surface area contributed by atoms with E-state index in [1.54, 1.807) is 24.3 Å². The number of amides is 1. The van der Waals surface area contributed by atoms with E-state index in [4.69, 9.17) is 19.2 Å². The summed E-state index contributed by atoms with van der Waals surface area (Å²) in [6.07, 6.45) is 0.994. The Morgan fingerprint density at radius 1 is 1.26 bits per heavy atom. The van der Waals surface area contributed by atoms with E-state index >= 15 is 0 Å². The molecule has 0 saturated carbocycles. The molecule has 1 aromatic heterocycles. The standard InChI is InChI=1S/C17H22N2O7S/c1-17(16(20)18-21,27(4,22)23)8-7-12-10-13(19-26-12)11-5-6-14(24-2)15(9-11)25-3/h5-6,9-10,21H,7-8H2,1-4H3,(H,18,20). The van der Waals surface area contributed by atoms with E-state index in [0.29, 0.717) is 23.0 Å². The second-order valence-electron chi connectivity index (χ2n) is 6.19. The summed E-state index contributed by atoms with van der Waals surface area (Å²) in [6, 6.07) is 6.90. The lowest BCUT2D eigenvalue weighted by molar-refractivity contribution is -0.131. The minimum atomic E-state index is -3.77. The first kappa shape index (κ1) is 20.7. The molecule has 1 atom stereocenters. The van der Waals surface area contributed by atoms with E-state index < -0.39 is 20.5 Å². The fraction of sp³-hybridized carbons (Fsp3) is 0.412. The second-order valence-corrected chi connectivity index (χ2v) is 8.64. The quantitative estimate of drug-likeness (QED) is 0.507. The topological polar surface area (TPSA) is 128 Å². The Labute approximate surface area is 157 Å². The fourth-order valence-electron chi connectivity index (χ4n) is 2.51. The van der Waals surface area contributed by atoms with E-state index in [2.05, 4.69) is 5.16 Å². The molecule has 0 aliphatic carbocycles. The minimum Gasteiger partial charge on any atom is -0.493 e. The van der Waals surface area contributed by atoms with Gasteiger partial charge in [0.1, 0.15) is 16.2 Å². The molecule has 10 heteroatoms. The zero-order valence-corrected chi connectivity index (χ0v) is 16.3. The summed E-state index contributed by atoms with van der Waals surface area (Å²) in [5, 5.41) is 12.8. The largest absolute Gasteiger partial charge is 0.493 e. The molecule has 2 N–H and O–H groups in total. The van der Waals surface area contributed by atoms with E-state index in [-0.39, 0.29) is 12.8 Å². The van der Waals surface area contributed by atoms with Crippen LogP contribution in [0.2, 0.25) is 0 Å². The third-order valence-corrected chi connectivity index (χ3v) is 6.51. The minimum absolute atomic E-state index is 0.0845. The third kappa shape index (κ3) is 4.22. The lowest BCUT2D eigenvalue weighted by atomic mass is 10.0. The Morgan fingerprint density at radius 3 is 2.48 bits per heavy atom. The number of carbonyl (C=O) groups excluding carboxylic acids is 1. The number of carbonyl (C=O) groups is 1. The molecule has 2 rings (SSSR count). The van der Waals surface area contributed by atoms with E-state index in [0.717, 1.165) is 11.8 Å². The molecule has 0 aliphatic heterocycles. The van der Waals surface area contributed by atoms with Crippen LogP contribution in [-0.4, -0.2) is 49.9 Å². The van der Waals surface area contributed by atoms with Crippen molar-refractivity contribution in [3.05, 3.63) is 30.0 Å². The van der Waals surface area contributed by atoms with Gasteiger partial charge in [0.25, 0.3) is 5.91 Å². The van der Waals surface area contributed by atoms with Gasteiger partial charge in [0.05, 0.1) is 14.2 Å². The maximum absolute atomic E-state index is 12.0. The molecule has 1 aromatic carbocycles. The lowest BCUT2D eigenvalue weighted by Crippen LogP contribution is -2.49. The van der Waals surface area contributed by atoms with Crippen molar-refractivity contribution >= 4 is 15.7 Å². The van der Waals surface area contributed by atoms with Gasteiger partial charge in [0, 0.05) is 24.3 Å². The van der Waals surface area contributed by atoms with Crippen LogP contribution in [0.3, 0.4) is 0 Å². The second kappa shape index (κ2) is 7.97. The molecule has 0 aliphatic rings. The zero-order chi connectivity index (χ0) is 20.2. The molecule has 0 saturated heterocycles. The molecular weight excluding hydrogens is 376 g/mol. The molecule has 1 heterocycles. The predicted molar refractivity (Wildman–Crippen MR) is 96.5 cm³/mol. The van der Waals surface area contributed by atoms with Crippen LogP contribution in [0, 0.1) is 0 Å². The maximum Gasteiger partial charge on any atom is 0.264 e. The summed E-state index contributed by atoms with van der Waals surface area (Å²) < 4.78 is 37.9. The first-order valence-corrected chi connectivity index (χ1v) is 9.87. The van der Waals surface area contributed by atoms with Crippen molar-refractivity contribution in [2.24, 2.45) is 0 Å². The van der Waals surface area contributed by atoms with Gasteiger partial charge < -0.3 is 14.0 Å². The summed E-state index contributed by atoms with van der Waals surface area (Å²) in [5.41, 5.74) is 2.66. The number of aryl methyl sites for hydroxylation is 1. The van der Waals surface area contributed by atoms with Crippen LogP contribution in [0.4, 0.5) is 0 Å². The molecule has 0 spiro atoms. The van der Waals surface area contributed by atoms with E-state index in [1.165, 1.54) is 26.6 Å². The summed E-state index contributed by atoms with van der Waals surface area (Å²) >= 11 is 0. The van der Waals surface area contributed by atoms with Crippen LogP contribution < -0.4 is 15.0 Å². The van der Waals surface area contributed by atoms with Crippen LogP contribution in [-0.2, 0) is 21.1 Å². The smallest absolute Gasteiger partial charge is 0.264 e. The zero-order valence-electron chi connectivity index (χ0n) is 15.5. The molecule has 9 nitrogen and oxygen atoms in total. The van der Waals surface area contributed by atoms with Crippen molar-refractivity contribution in [2.45, 2.75) is 24.5 Å². The summed E-state index contributed by atoms with van der Waals surface area (Å²) in [5.74, 6) is 0.512. The number of ether oxygens (including phenoxy) is 2. The fourth-order valence-corrected chi connectivity index (χ4v) is 3.36. The average Bonchev–Trinajstić information content (AvgIpc) is 3.12. The highest BCUT2D eigenvalue weighted by Crippen LogP contribution is 2.32. The molecule has 27 heavy (non-hydrogen) atoms. The molecular formula is C17H22N2O7S. The number of hydrogen-bond donors (Lipinski definition) is 2. The highest BCUT2D eigenvalue weighted by molar-refractivity contribution is 7.92. The van der Waals surface area contributed by atoms with Crippen molar-refractivity contribution in [1.29, 1.82) is 0 Å². The van der Waals surface area contributed by atoms with Gasteiger partial charge in [0.2, 0.25) is 0 Å². The maximum atomic E-state index is 12.0. The average molecular weight is 398 g/mol. The normalized spacial score (nSPS) is 13.7. The van der Waals surface area contributed by atoms with Gasteiger partial charge in [-0.1, -0.05) is 5.16 Å². The Bertz CT molecular complexity index is 923. The van der Waals surface area contributed by atoms with Crippen LogP contribution in [0.25, 0.3) is 11.3 Å². The molecule has 0 radical (unpaired) electrons. The SMILES string of the molecule is COc1ccc(-c2cc(CCC(C)(C(=O)NO)S(C)(=O)=O)on2)cc1OC.